The van der Waals surface area contributed by atoms with Gasteiger partial charge in [0.1, 0.15) is 0 Å². The molecule has 0 amide bonds. The van der Waals surface area contributed by atoms with Gasteiger partial charge in [0.2, 0.25) is 10.0 Å². The first-order valence-corrected chi connectivity index (χ1v) is 8.81. The maximum absolute atomic E-state index is 12.4. The van der Waals surface area contributed by atoms with E-state index in [2.05, 4.69) is 20.7 Å². The summed E-state index contributed by atoms with van der Waals surface area (Å²) in [5.74, 6) is -1.17. The molecule has 0 radical (unpaired) electrons. The van der Waals surface area contributed by atoms with Crippen LogP contribution in [0.2, 0.25) is 0 Å². The molecule has 0 aliphatic carbocycles. The SMILES string of the molecule is CCC(C)(C)CNS(=O)(=O)c1cc(C(=O)O)cc(Br)c1C. The molecule has 0 saturated heterocycles. The summed E-state index contributed by atoms with van der Waals surface area (Å²) < 4.78 is 27.9. The van der Waals surface area contributed by atoms with Crippen molar-refractivity contribution in [3.05, 3.63) is 27.7 Å². The molecule has 7 heteroatoms. The quantitative estimate of drug-likeness (QED) is 0.797. The van der Waals surface area contributed by atoms with Crippen LogP contribution < -0.4 is 4.72 Å². The lowest BCUT2D eigenvalue weighted by molar-refractivity contribution is 0.0696. The zero-order valence-corrected chi connectivity index (χ0v) is 14.9. The standard InChI is InChI=1S/C14H20BrNO4S/c1-5-14(3,4)8-16-21(19,20)12-7-10(13(17)18)6-11(15)9(12)2/h6-7,16H,5,8H2,1-4H3,(H,17,18). The molecule has 0 bridgehead atoms. The highest BCUT2D eigenvalue weighted by Gasteiger charge is 2.24. The third kappa shape index (κ3) is 4.52. The first-order valence-electron chi connectivity index (χ1n) is 6.53. The minimum atomic E-state index is -3.76. The largest absolute Gasteiger partial charge is 0.478 e. The second-order valence-corrected chi connectivity index (χ2v) is 8.32. The van der Waals surface area contributed by atoms with Gasteiger partial charge in [0.05, 0.1) is 10.5 Å². The average Bonchev–Trinajstić information content (AvgIpc) is 2.39. The van der Waals surface area contributed by atoms with Crippen LogP contribution in [0.4, 0.5) is 0 Å². The molecule has 5 nitrogen and oxygen atoms in total. The van der Waals surface area contributed by atoms with Crippen LogP contribution in [0.1, 0.15) is 43.1 Å². The Bertz CT molecular complexity index is 653. The Kier molecular flexibility index (Phi) is 5.57. The second kappa shape index (κ2) is 6.46. The summed E-state index contributed by atoms with van der Waals surface area (Å²) in [4.78, 5) is 11.1. The number of carbonyl (C=O) groups is 1. The van der Waals surface area contributed by atoms with Gasteiger partial charge in [0, 0.05) is 11.0 Å². The summed E-state index contributed by atoms with van der Waals surface area (Å²) in [5.41, 5.74) is 0.257. The number of hydrogen-bond acceptors (Lipinski definition) is 3. The van der Waals surface area contributed by atoms with Gasteiger partial charge in [-0.25, -0.2) is 17.9 Å². The van der Waals surface area contributed by atoms with Crippen molar-refractivity contribution >= 4 is 31.9 Å². The van der Waals surface area contributed by atoms with E-state index in [1.165, 1.54) is 12.1 Å². The molecule has 1 aromatic rings. The number of aromatic carboxylic acids is 1. The molecule has 1 rings (SSSR count). The minimum Gasteiger partial charge on any atom is -0.478 e. The van der Waals surface area contributed by atoms with Crippen LogP contribution in [0.5, 0.6) is 0 Å². The lowest BCUT2D eigenvalue weighted by Crippen LogP contribution is -2.34. The summed E-state index contributed by atoms with van der Waals surface area (Å²) in [6, 6.07) is 2.58. The molecule has 0 aliphatic heterocycles. The molecule has 2 N–H and O–H groups in total. The van der Waals surface area contributed by atoms with Gasteiger partial charge in [-0.1, -0.05) is 36.7 Å². The van der Waals surface area contributed by atoms with Gasteiger partial charge in [-0.05, 0) is 36.5 Å². The maximum atomic E-state index is 12.4. The van der Waals surface area contributed by atoms with Crippen molar-refractivity contribution in [2.45, 2.75) is 39.0 Å². The highest BCUT2D eigenvalue weighted by atomic mass is 79.9. The van der Waals surface area contributed by atoms with Crippen molar-refractivity contribution in [1.29, 1.82) is 0 Å². The van der Waals surface area contributed by atoms with Gasteiger partial charge >= 0.3 is 5.97 Å². The first kappa shape index (κ1) is 18.1. The van der Waals surface area contributed by atoms with E-state index in [9.17, 15) is 13.2 Å². The Balaban J connectivity index is 3.22. The molecule has 0 aliphatic rings. The highest BCUT2D eigenvalue weighted by molar-refractivity contribution is 9.10. The molecule has 0 atom stereocenters. The smallest absolute Gasteiger partial charge is 0.335 e. The third-order valence-corrected chi connectivity index (χ3v) is 5.88. The van der Waals surface area contributed by atoms with Crippen molar-refractivity contribution in [1.82, 2.24) is 4.72 Å². The Morgan fingerprint density at radius 2 is 1.95 bits per heavy atom. The molecule has 1 aromatic carbocycles. The Morgan fingerprint density at radius 1 is 1.38 bits per heavy atom. The molecule has 0 unspecified atom stereocenters. The summed E-state index contributed by atoms with van der Waals surface area (Å²) in [6.07, 6.45) is 0.827. The van der Waals surface area contributed by atoms with Crippen LogP contribution in [-0.4, -0.2) is 26.0 Å². The number of carboxylic acid groups (broad SMARTS) is 1. The number of benzene rings is 1. The molecule has 0 heterocycles. The zero-order valence-electron chi connectivity index (χ0n) is 12.5. The van der Waals surface area contributed by atoms with E-state index in [0.717, 1.165) is 6.42 Å². The normalized spacial score (nSPS) is 12.4. The van der Waals surface area contributed by atoms with Crippen molar-refractivity contribution in [2.24, 2.45) is 5.41 Å². The molecule has 118 valence electrons. The van der Waals surface area contributed by atoms with Gasteiger partial charge in [-0.15, -0.1) is 0 Å². The van der Waals surface area contributed by atoms with E-state index >= 15 is 0 Å². The lowest BCUT2D eigenvalue weighted by Gasteiger charge is -2.23. The Labute approximate surface area is 133 Å². The average molecular weight is 378 g/mol. The fourth-order valence-electron chi connectivity index (χ4n) is 1.55. The first-order chi connectivity index (χ1) is 9.50. The van der Waals surface area contributed by atoms with Crippen LogP contribution in [-0.2, 0) is 10.0 Å². The van der Waals surface area contributed by atoms with Gasteiger partial charge in [0.25, 0.3) is 0 Å². The predicted molar refractivity (Wildman–Crippen MR) is 85.1 cm³/mol. The van der Waals surface area contributed by atoms with Crippen LogP contribution in [0, 0.1) is 12.3 Å². The molecule has 0 saturated carbocycles. The van der Waals surface area contributed by atoms with Gasteiger partial charge < -0.3 is 5.11 Å². The number of sulfonamides is 1. The monoisotopic (exact) mass is 377 g/mol. The van der Waals surface area contributed by atoms with Crippen LogP contribution in [0.15, 0.2) is 21.5 Å². The number of rotatable bonds is 6. The lowest BCUT2D eigenvalue weighted by atomic mass is 9.91. The van der Waals surface area contributed by atoms with Crippen molar-refractivity contribution in [3.8, 4) is 0 Å². The zero-order chi connectivity index (χ0) is 16.4. The van der Waals surface area contributed by atoms with Crippen molar-refractivity contribution in [2.75, 3.05) is 6.54 Å². The molecule has 0 spiro atoms. The molecular formula is C14H20BrNO4S. The van der Waals surface area contributed by atoms with Crippen molar-refractivity contribution in [3.63, 3.8) is 0 Å². The van der Waals surface area contributed by atoms with E-state index in [-0.39, 0.29) is 15.9 Å². The van der Waals surface area contributed by atoms with Crippen molar-refractivity contribution < 1.29 is 18.3 Å². The Morgan fingerprint density at radius 3 is 2.43 bits per heavy atom. The summed E-state index contributed by atoms with van der Waals surface area (Å²) in [7, 11) is -3.76. The van der Waals surface area contributed by atoms with Gasteiger partial charge in [0.15, 0.2) is 0 Å². The number of nitrogens with one attached hydrogen (secondary N) is 1. The van der Waals surface area contributed by atoms with Crippen LogP contribution in [0.25, 0.3) is 0 Å². The highest BCUT2D eigenvalue weighted by Crippen LogP contribution is 2.26. The fraction of sp³-hybridized carbons (Fsp3) is 0.500. The Hall–Kier alpha value is -0.920. The summed E-state index contributed by atoms with van der Waals surface area (Å²) in [5, 5.41) is 9.05. The molecule has 0 aromatic heterocycles. The number of carboxylic acids is 1. The van der Waals surface area contributed by atoms with Gasteiger partial charge in [-0.3, -0.25) is 0 Å². The number of hydrogen-bond donors (Lipinski definition) is 2. The maximum Gasteiger partial charge on any atom is 0.335 e. The predicted octanol–water partition coefficient (Wildman–Crippen LogP) is 3.17. The molecule has 21 heavy (non-hydrogen) atoms. The van der Waals surface area contributed by atoms with E-state index in [0.29, 0.717) is 16.6 Å². The third-order valence-electron chi connectivity index (χ3n) is 3.53. The van der Waals surface area contributed by atoms with E-state index in [4.69, 9.17) is 5.11 Å². The summed E-state index contributed by atoms with van der Waals surface area (Å²) >= 11 is 3.21. The summed E-state index contributed by atoms with van der Waals surface area (Å²) in [6.45, 7) is 7.84. The van der Waals surface area contributed by atoms with Crippen LogP contribution >= 0.6 is 15.9 Å². The topological polar surface area (TPSA) is 83.5 Å². The van der Waals surface area contributed by atoms with Crippen LogP contribution in [0.3, 0.4) is 0 Å². The van der Waals surface area contributed by atoms with E-state index < -0.39 is 16.0 Å². The van der Waals surface area contributed by atoms with E-state index in [1.807, 2.05) is 20.8 Å². The molecular weight excluding hydrogens is 358 g/mol. The minimum absolute atomic E-state index is 0.0128. The molecule has 0 fully saturated rings. The van der Waals surface area contributed by atoms with Gasteiger partial charge in [-0.2, -0.15) is 0 Å². The fourth-order valence-corrected chi connectivity index (χ4v) is 3.67. The number of halogens is 1. The second-order valence-electron chi connectivity index (χ2n) is 5.73. The van der Waals surface area contributed by atoms with E-state index in [1.54, 1.807) is 6.92 Å².